The molecular weight excluding hydrogens is 324 g/mol. The summed E-state index contributed by atoms with van der Waals surface area (Å²) in [6.45, 7) is 5.59. The van der Waals surface area contributed by atoms with E-state index in [0.29, 0.717) is 11.7 Å². The van der Waals surface area contributed by atoms with Crippen LogP contribution < -0.4 is 5.32 Å². The van der Waals surface area contributed by atoms with E-state index >= 15 is 0 Å². The number of rotatable bonds is 7. The number of likely N-dealkylation sites (tertiary alicyclic amines) is 1. The Balaban J connectivity index is 1.48. The molecule has 1 aliphatic heterocycles. The number of nitrogens with zero attached hydrogens (tertiary/aromatic N) is 3. The van der Waals surface area contributed by atoms with E-state index < -0.39 is 0 Å². The molecule has 1 saturated heterocycles. The predicted octanol–water partition coefficient (Wildman–Crippen LogP) is 1.97. The van der Waals surface area contributed by atoms with Crippen molar-refractivity contribution in [3.63, 3.8) is 0 Å². The van der Waals surface area contributed by atoms with E-state index in [2.05, 4.69) is 27.3 Å². The Labute approximate surface area is 146 Å². The molecule has 2 aromatic heterocycles. The number of amides is 1. The van der Waals surface area contributed by atoms with Crippen LogP contribution in [0.2, 0.25) is 0 Å². The number of aromatic nitrogens is 2. The molecule has 3 heterocycles. The number of methoxy groups -OCH3 is 1. The standard InChI is InChI=1S/C17H24N4O4/c1-12-5-7-21(8-6-12)10-13-3-4-14(24-13)17(22)18-9-16-19-15(11-23-2)20-25-16/h3-4,12H,5-11H2,1-2H3,(H,18,22). The number of piperidine rings is 1. The number of furan rings is 1. The zero-order chi connectivity index (χ0) is 17.6. The molecule has 8 heteroatoms. The second-order valence-corrected chi connectivity index (χ2v) is 6.44. The van der Waals surface area contributed by atoms with E-state index in [0.717, 1.165) is 31.3 Å². The van der Waals surface area contributed by atoms with Crippen molar-refractivity contribution in [2.45, 2.75) is 39.5 Å². The quantitative estimate of drug-likeness (QED) is 0.817. The zero-order valence-electron chi connectivity index (χ0n) is 14.7. The molecule has 136 valence electrons. The zero-order valence-corrected chi connectivity index (χ0v) is 14.7. The van der Waals surface area contributed by atoms with Gasteiger partial charge in [0.05, 0.1) is 13.1 Å². The Morgan fingerprint density at radius 3 is 2.96 bits per heavy atom. The first-order valence-corrected chi connectivity index (χ1v) is 8.53. The average molecular weight is 348 g/mol. The summed E-state index contributed by atoms with van der Waals surface area (Å²) in [5.41, 5.74) is 0. The fraction of sp³-hybridized carbons (Fsp3) is 0.588. The van der Waals surface area contributed by atoms with Crippen LogP contribution in [0.25, 0.3) is 0 Å². The fourth-order valence-electron chi connectivity index (χ4n) is 2.82. The van der Waals surface area contributed by atoms with Gasteiger partial charge >= 0.3 is 0 Å². The van der Waals surface area contributed by atoms with Crippen LogP contribution in [0.4, 0.5) is 0 Å². The largest absolute Gasteiger partial charge is 0.455 e. The molecule has 1 aliphatic rings. The maximum absolute atomic E-state index is 12.2. The molecule has 0 aliphatic carbocycles. The summed E-state index contributed by atoms with van der Waals surface area (Å²) in [6.07, 6.45) is 2.42. The van der Waals surface area contributed by atoms with E-state index in [-0.39, 0.29) is 24.8 Å². The topological polar surface area (TPSA) is 93.6 Å². The molecule has 0 atom stereocenters. The minimum Gasteiger partial charge on any atom is -0.455 e. The third kappa shape index (κ3) is 4.90. The SMILES string of the molecule is COCc1noc(CNC(=O)c2ccc(CN3CCC(C)CC3)o2)n1. The lowest BCUT2D eigenvalue weighted by molar-refractivity contribution is 0.0913. The highest BCUT2D eigenvalue weighted by Gasteiger charge is 2.18. The summed E-state index contributed by atoms with van der Waals surface area (Å²) in [5.74, 6) is 2.36. The number of hydrogen-bond donors (Lipinski definition) is 1. The number of carbonyl (C=O) groups is 1. The Morgan fingerprint density at radius 2 is 2.20 bits per heavy atom. The lowest BCUT2D eigenvalue weighted by Gasteiger charge is -2.29. The molecule has 0 unspecified atom stereocenters. The minimum absolute atomic E-state index is 0.148. The van der Waals surface area contributed by atoms with Crippen LogP contribution in [-0.4, -0.2) is 41.1 Å². The Kier molecular flexibility index (Phi) is 5.83. The molecule has 0 aromatic carbocycles. The Hall–Kier alpha value is -2.19. The number of carbonyl (C=O) groups excluding carboxylic acids is 1. The predicted molar refractivity (Wildman–Crippen MR) is 88.6 cm³/mol. The number of hydrogen-bond acceptors (Lipinski definition) is 7. The molecule has 0 bridgehead atoms. The maximum Gasteiger partial charge on any atom is 0.287 e. The highest BCUT2D eigenvalue weighted by molar-refractivity contribution is 5.91. The van der Waals surface area contributed by atoms with Gasteiger partial charge in [-0.15, -0.1) is 0 Å². The van der Waals surface area contributed by atoms with E-state index in [9.17, 15) is 4.79 Å². The smallest absolute Gasteiger partial charge is 0.287 e. The highest BCUT2D eigenvalue weighted by Crippen LogP contribution is 2.19. The van der Waals surface area contributed by atoms with Crippen LogP contribution in [0, 0.1) is 5.92 Å². The van der Waals surface area contributed by atoms with Gasteiger partial charge in [0.2, 0.25) is 5.89 Å². The summed E-state index contributed by atoms with van der Waals surface area (Å²) >= 11 is 0. The summed E-state index contributed by atoms with van der Waals surface area (Å²) < 4.78 is 15.6. The summed E-state index contributed by atoms with van der Waals surface area (Å²) in [5, 5.41) is 6.45. The van der Waals surface area contributed by atoms with Gasteiger partial charge in [0, 0.05) is 7.11 Å². The molecule has 1 N–H and O–H groups in total. The van der Waals surface area contributed by atoms with Crippen LogP contribution >= 0.6 is 0 Å². The van der Waals surface area contributed by atoms with Gasteiger partial charge < -0.3 is 19.0 Å². The summed E-state index contributed by atoms with van der Waals surface area (Å²) in [7, 11) is 1.55. The second-order valence-electron chi connectivity index (χ2n) is 6.44. The van der Waals surface area contributed by atoms with Gasteiger partial charge in [0.1, 0.15) is 12.4 Å². The van der Waals surface area contributed by atoms with Crippen molar-refractivity contribution < 1.29 is 18.5 Å². The first-order chi connectivity index (χ1) is 12.1. The normalized spacial score (nSPS) is 16.2. The van der Waals surface area contributed by atoms with Gasteiger partial charge in [0.15, 0.2) is 11.6 Å². The van der Waals surface area contributed by atoms with Crippen molar-refractivity contribution in [1.82, 2.24) is 20.4 Å². The molecular formula is C17H24N4O4. The van der Waals surface area contributed by atoms with Crippen LogP contribution in [0.15, 0.2) is 21.1 Å². The molecule has 25 heavy (non-hydrogen) atoms. The molecule has 2 aromatic rings. The van der Waals surface area contributed by atoms with Gasteiger partial charge in [-0.3, -0.25) is 9.69 Å². The van der Waals surface area contributed by atoms with E-state index in [4.69, 9.17) is 13.7 Å². The van der Waals surface area contributed by atoms with Gasteiger partial charge in [0.25, 0.3) is 5.91 Å². The van der Waals surface area contributed by atoms with Gasteiger partial charge in [-0.1, -0.05) is 12.1 Å². The van der Waals surface area contributed by atoms with Gasteiger partial charge in [-0.05, 0) is 44.0 Å². The maximum atomic E-state index is 12.2. The second kappa shape index (κ2) is 8.26. The van der Waals surface area contributed by atoms with E-state index in [1.807, 2.05) is 6.07 Å². The van der Waals surface area contributed by atoms with Crippen molar-refractivity contribution in [3.8, 4) is 0 Å². The molecule has 0 radical (unpaired) electrons. The van der Waals surface area contributed by atoms with Crippen molar-refractivity contribution in [3.05, 3.63) is 35.4 Å². The molecule has 3 rings (SSSR count). The lowest BCUT2D eigenvalue weighted by Crippen LogP contribution is -2.32. The van der Waals surface area contributed by atoms with Crippen LogP contribution in [0.3, 0.4) is 0 Å². The van der Waals surface area contributed by atoms with Crippen molar-refractivity contribution in [2.75, 3.05) is 20.2 Å². The third-order valence-corrected chi connectivity index (χ3v) is 4.32. The Morgan fingerprint density at radius 1 is 1.40 bits per heavy atom. The van der Waals surface area contributed by atoms with E-state index in [1.54, 1.807) is 13.2 Å². The molecule has 0 spiro atoms. The van der Waals surface area contributed by atoms with Gasteiger partial charge in [-0.2, -0.15) is 4.98 Å². The van der Waals surface area contributed by atoms with Crippen LogP contribution in [-0.2, 0) is 24.4 Å². The molecule has 1 fully saturated rings. The molecule has 8 nitrogen and oxygen atoms in total. The van der Waals surface area contributed by atoms with Crippen LogP contribution in [0.1, 0.15) is 47.8 Å². The van der Waals surface area contributed by atoms with Crippen molar-refractivity contribution in [2.24, 2.45) is 5.92 Å². The summed E-state index contributed by atoms with van der Waals surface area (Å²) in [4.78, 5) is 18.6. The van der Waals surface area contributed by atoms with Crippen LogP contribution in [0.5, 0.6) is 0 Å². The molecule has 1 amide bonds. The Bertz CT molecular complexity index is 688. The first-order valence-electron chi connectivity index (χ1n) is 8.53. The highest BCUT2D eigenvalue weighted by atomic mass is 16.5. The monoisotopic (exact) mass is 348 g/mol. The van der Waals surface area contributed by atoms with Gasteiger partial charge in [-0.25, -0.2) is 0 Å². The van der Waals surface area contributed by atoms with Crippen molar-refractivity contribution >= 4 is 5.91 Å². The molecule has 0 saturated carbocycles. The minimum atomic E-state index is -0.301. The summed E-state index contributed by atoms with van der Waals surface area (Å²) in [6, 6.07) is 3.55. The third-order valence-electron chi connectivity index (χ3n) is 4.32. The number of ether oxygens (including phenoxy) is 1. The lowest BCUT2D eigenvalue weighted by atomic mass is 9.99. The van der Waals surface area contributed by atoms with E-state index in [1.165, 1.54) is 12.8 Å². The van der Waals surface area contributed by atoms with Crippen molar-refractivity contribution in [1.29, 1.82) is 0 Å². The first kappa shape index (κ1) is 17.6. The average Bonchev–Trinajstić information content (AvgIpc) is 3.25. The number of nitrogens with one attached hydrogen (secondary N) is 1. The fourth-order valence-corrected chi connectivity index (χ4v) is 2.82.